The van der Waals surface area contributed by atoms with Crippen LogP contribution in [0.15, 0.2) is 24.4 Å². The van der Waals surface area contributed by atoms with Crippen molar-refractivity contribution in [3.05, 3.63) is 41.3 Å². The average molecular weight is 432 g/mol. The standard InChI is InChI=1S/C23H31F2N5O/c1-14-7-8-15(12-26-14)22(31)29-9-5-6-16(13-29)17-10-18(21(24)25)30-20(27-17)11-19(28-30)23(2,3)4/h7-8,11-12,16-18,21,27H,5-6,9-10,13H2,1-4H3/t16-,17+,18-/m1/s1. The quantitative estimate of drug-likeness (QED) is 0.781. The van der Waals surface area contributed by atoms with Gasteiger partial charge >= 0.3 is 0 Å². The number of piperidine rings is 1. The summed E-state index contributed by atoms with van der Waals surface area (Å²) in [5.41, 5.74) is 2.02. The van der Waals surface area contributed by atoms with Gasteiger partial charge in [-0.05, 0) is 44.2 Å². The largest absolute Gasteiger partial charge is 0.367 e. The van der Waals surface area contributed by atoms with E-state index in [1.165, 1.54) is 4.68 Å². The van der Waals surface area contributed by atoms with Crippen LogP contribution in [-0.2, 0) is 5.41 Å². The fraction of sp³-hybridized carbons (Fsp3) is 0.609. The zero-order valence-electron chi connectivity index (χ0n) is 18.6. The van der Waals surface area contributed by atoms with Gasteiger partial charge < -0.3 is 10.2 Å². The lowest BCUT2D eigenvalue weighted by molar-refractivity contribution is 0.0504. The molecule has 0 radical (unpaired) electrons. The molecule has 1 saturated heterocycles. The number of fused-ring (bicyclic) bond motifs is 1. The first-order valence-electron chi connectivity index (χ1n) is 11.0. The minimum atomic E-state index is -2.49. The van der Waals surface area contributed by atoms with Crippen molar-refractivity contribution in [2.45, 2.75) is 70.9 Å². The second kappa shape index (κ2) is 8.20. The van der Waals surface area contributed by atoms with Gasteiger partial charge in [0.25, 0.3) is 12.3 Å². The Bertz CT molecular complexity index is 934. The molecule has 0 bridgehead atoms. The number of aromatic nitrogens is 3. The number of amides is 1. The molecule has 2 aliphatic rings. The first-order valence-corrected chi connectivity index (χ1v) is 11.0. The number of pyridine rings is 1. The Morgan fingerprint density at radius 3 is 2.71 bits per heavy atom. The Morgan fingerprint density at radius 1 is 1.29 bits per heavy atom. The highest BCUT2D eigenvalue weighted by molar-refractivity contribution is 5.94. The van der Waals surface area contributed by atoms with Crippen molar-refractivity contribution in [3.8, 4) is 0 Å². The number of aryl methyl sites for hydroxylation is 1. The van der Waals surface area contributed by atoms with Gasteiger partial charge in [-0.25, -0.2) is 13.5 Å². The molecule has 168 valence electrons. The van der Waals surface area contributed by atoms with Crippen LogP contribution >= 0.6 is 0 Å². The lowest BCUT2D eigenvalue weighted by Crippen LogP contribution is -2.48. The fourth-order valence-corrected chi connectivity index (χ4v) is 4.55. The van der Waals surface area contributed by atoms with E-state index in [4.69, 9.17) is 0 Å². The van der Waals surface area contributed by atoms with Gasteiger partial charge in [-0.2, -0.15) is 5.10 Å². The van der Waals surface area contributed by atoms with Gasteiger partial charge in [0.15, 0.2) is 0 Å². The number of halogens is 2. The van der Waals surface area contributed by atoms with Crippen molar-refractivity contribution in [1.29, 1.82) is 0 Å². The van der Waals surface area contributed by atoms with Crippen LogP contribution in [-0.4, -0.2) is 51.1 Å². The van der Waals surface area contributed by atoms with Crippen molar-refractivity contribution in [3.63, 3.8) is 0 Å². The Labute approximate surface area is 182 Å². The van der Waals surface area contributed by atoms with Crippen molar-refractivity contribution in [2.75, 3.05) is 18.4 Å². The van der Waals surface area contributed by atoms with E-state index >= 15 is 0 Å². The number of carbonyl (C=O) groups is 1. The number of alkyl halides is 2. The van der Waals surface area contributed by atoms with Crippen molar-refractivity contribution >= 4 is 11.7 Å². The molecule has 0 saturated carbocycles. The first-order chi connectivity index (χ1) is 14.6. The summed E-state index contributed by atoms with van der Waals surface area (Å²) in [6.45, 7) is 9.21. The molecule has 2 aromatic rings. The van der Waals surface area contributed by atoms with E-state index in [9.17, 15) is 13.6 Å². The number of likely N-dealkylation sites (tertiary alicyclic amines) is 1. The summed E-state index contributed by atoms with van der Waals surface area (Å²) < 4.78 is 29.4. The van der Waals surface area contributed by atoms with Gasteiger partial charge in [0, 0.05) is 42.5 Å². The van der Waals surface area contributed by atoms with Crippen LogP contribution in [0.4, 0.5) is 14.6 Å². The van der Waals surface area contributed by atoms with E-state index in [0.717, 1.165) is 24.2 Å². The van der Waals surface area contributed by atoms with E-state index in [1.54, 1.807) is 12.3 Å². The third kappa shape index (κ3) is 4.43. The lowest BCUT2D eigenvalue weighted by atomic mass is 9.85. The van der Waals surface area contributed by atoms with Gasteiger partial charge in [0.05, 0.1) is 11.3 Å². The maximum Gasteiger partial charge on any atom is 0.260 e. The maximum atomic E-state index is 13.9. The first kappa shape index (κ1) is 21.7. The van der Waals surface area contributed by atoms with Gasteiger partial charge in [0.2, 0.25) is 0 Å². The highest BCUT2D eigenvalue weighted by atomic mass is 19.3. The number of carbonyl (C=O) groups excluding carboxylic acids is 1. The van der Waals surface area contributed by atoms with E-state index in [-0.39, 0.29) is 23.3 Å². The normalized spacial score (nSPS) is 24.1. The van der Waals surface area contributed by atoms with E-state index in [2.05, 4.69) is 15.4 Å². The third-order valence-electron chi connectivity index (χ3n) is 6.41. The molecule has 8 heteroatoms. The molecule has 1 N–H and O–H groups in total. The summed E-state index contributed by atoms with van der Waals surface area (Å²) >= 11 is 0. The zero-order chi connectivity index (χ0) is 22.3. The van der Waals surface area contributed by atoms with Crippen LogP contribution in [0.5, 0.6) is 0 Å². The molecule has 0 aromatic carbocycles. The van der Waals surface area contributed by atoms with Crippen molar-refractivity contribution in [1.82, 2.24) is 19.7 Å². The number of hydrogen-bond donors (Lipinski definition) is 1. The van der Waals surface area contributed by atoms with E-state index < -0.39 is 12.5 Å². The monoisotopic (exact) mass is 431 g/mol. The summed E-state index contributed by atoms with van der Waals surface area (Å²) in [6, 6.07) is 4.45. The Balaban J connectivity index is 1.53. The van der Waals surface area contributed by atoms with Crippen LogP contribution in [0.1, 0.15) is 67.8 Å². The zero-order valence-corrected chi connectivity index (χ0v) is 18.6. The van der Waals surface area contributed by atoms with Crippen LogP contribution in [0, 0.1) is 12.8 Å². The number of rotatable bonds is 3. The van der Waals surface area contributed by atoms with Gasteiger partial charge in [0.1, 0.15) is 11.9 Å². The van der Waals surface area contributed by atoms with Crippen molar-refractivity contribution in [2.24, 2.45) is 5.92 Å². The molecule has 2 aliphatic heterocycles. The van der Waals surface area contributed by atoms with Gasteiger partial charge in [-0.1, -0.05) is 20.8 Å². The highest BCUT2D eigenvalue weighted by Gasteiger charge is 2.39. The Morgan fingerprint density at radius 2 is 2.06 bits per heavy atom. The molecule has 3 atom stereocenters. The molecular formula is C23H31F2N5O. The third-order valence-corrected chi connectivity index (χ3v) is 6.41. The molecule has 4 rings (SSSR count). The molecule has 4 heterocycles. The van der Waals surface area contributed by atoms with Gasteiger partial charge in [-0.3, -0.25) is 9.78 Å². The SMILES string of the molecule is Cc1ccc(C(=O)N2CCC[C@@H]([C@@H]3C[C@H](C(F)F)n4nc(C(C)(C)C)cc4N3)C2)cn1. The van der Waals surface area contributed by atoms with Gasteiger partial charge in [-0.15, -0.1) is 0 Å². The molecule has 1 amide bonds. The maximum absolute atomic E-state index is 13.9. The predicted octanol–water partition coefficient (Wildman–Crippen LogP) is 4.43. The molecule has 2 aromatic heterocycles. The summed E-state index contributed by atoms with van der Waals surface area (Å²) in [7, 11) is 0. The average Bonchev–Trinajstić information content (AvgIpc) is 3.18. The Hall–Kier alpha value is -2.51. The van der Waals surface area contributed by atoms with E-state index in [1.807, 2.05) is 44.7 Å². The fourth-order valence-electron chi connectivity index (χ4n) is 4.55. The van der Waals surface area contributed by atoms with Crippen molar-refractivity contribution < 1.29 is 13.6 Å². The summed E-state index contributed by atoms with van der Waals surface area (Å²) in [6.07, 6.45) is 1.19. The Kier molecular flexibility index (Phi) is 5.75. The highest BCUT2D eigenvalue weighted by Crippen LogP contribution is 2.38. The van der Waals surface area contributed by atoms with Crippen LogP contribution in [0.25, 0.3) is 0 Å². The molecule has 0 unspecified atom stereocenters. The molecule has 31 heavy (non-hydrogen) atoms. The number of anilines is 1. The lowest BCUT2D eigenvalue weighted by Gasteiger charge is -2.41. The van der Waals surface area contributed by atoms with Crippen LogP contribution in [0.3, 0.4) is 0 Å². The van der Waals surface area contributed by atoms with Crippen LogP contribution in [0.2, 0.25) is 0 Å². The predicted molar refractivity (Wildman–Crippen MR) is 116 cm³/mol. The van der Waals surface area contributed by atoms with E-state index in [0.29, 0.717) is 30.9 Å². The second-order valence-corrected chi connectivity index (χ2v) is 9.84. The smallest absolute Gasteiger partial charge is 0.260 e. The minimum absolute atomic E-state index is 0.0431. The molecular weight excluding hydrogens is 400 g/mol. The minimum Gasteiger partial charge on any atom is -0.367 e. The molecule has 0 aliphatic carbocycles. The summed E-state index contributed by atoms with van der Waals surface area (Å²) in [5, 5.41) is 7.96. The number of nitrogens with zero attached hydrogens (tertiary/aromatic N) is 4. The number of nitrogens with one attached hydrogen (secondary N) is 1. The second-order valence-electron chi connectivity index (χ2n) is 9.84. The summed E-state index contributed by atoms with van der Waals surface area (Å²) in [4.78, 5) is 19.0. The molecule has 0 spiro atoms. The topological polar surface area (TPSA) is 63.1 Å². The number of hydrogen-bond acceptors (Lipinski definition) is 4. The molecule has 1 fully saturated rings. The summed E-state index contributed by atoms with van der Waals surface area (Å²) in [5.74, 6) is 0.718. The van der Waals surface area contributed by atoms with Crippen LogP contribution < -0.4 is 5.32 Å². The molecule has 6 nitrogen and oxygen atoms in total.